The van der Waals surface area contributed by atoms with E-state index < -0.39 is 0 Å². The largest absolute Gasteiger partial charge is 0.228 e. The number of aromatic nitrogens is 2. The summed E-state index contributed by atoms with van der Waals surface area (Å²) in [5.41, 5.74) is 3.70. The summed E-state index contributed by atoms with van der Waals surface area (Å²) < 4.78 is 0.878. The lowest BCUT2D eigenvalue weighted by atomic mass is 10.1. The normalized spacial score (nSPS) is 10.5. The Hall–Kier alpha value is -0.190. The third-order valence-electron chi connectivity index (χ3n) is 2.14. The van der Waals surface area contributed by atoms with E-state index in [0.717, 1.165) is 23.1 Å². The van der Waals surface area contributed by atoms with Crippen molar-refractivity contribution in [3.63, 3.8) is 0 Å². The molecule has 1 aromatic heterocycles. The first-order chi connectivity index (χ1) is 6.19. The predicted molar refractivity (Wildman–Crippen MR) is 62.9 cm³/mol. The fourth-order valence-electron chi connectivity index (χ4n) is 1.41. The molecule has 0 saturated heterocycles. The molecule has 1 heterocycles. The fraction of sp³-hybridized carbons (Fsp3) is 0.600. The highest BCUT2D eigenvalue weighted by molar-refractivity contribution is 14.1. The third kappa shape index (κ3) is 2.62. The zero-order valence-electron chi connectivity index (χ0n) is 8.39. The Labute approximate surface area is 93.3 Å². The van der Waals surface area contributed by atoms with Crippen molar-refractivity contribution in [2.75, 3.05) is 0 Å². The SMILES string of the molecule is CCCc1nc(I)nc(CC)c1C. The van der Waals surface area contributed by atoms with Crippen molar-refractivity contribution < 1.29 is 0 Å². The molecule has 0 aliphatic rings. The summed E-state index contributed by atoms with van der Waals surface area (Å²) in [5.74, 6) is 0. The van der Waals surface area contributed by atoms with Crippen LogP contribution in [0, 0.1) is 10.8 Å². The van der Waals surface area contributed by atoms with Gasteiger partial charge in [-0.2, -0.15) is 0 Å². The average molecular weight is 290 g/mol. The molecule has 0 aliphatic carbocycles. The van der Waals surface area contributed by atoms with Crippen molar-refractivity contribution in [3.8, 4) is 0 Å². The van der Waals surface area contributed by atoms with Gasteiger partial charge < -0.3 is 0 Å². The Morgan fingerprint density at radius 2 is 1.77 bits per heavy atom. The molecule has 13 heavy (non-hydrogen) atoms. The Bertz CT molecular complexity index is 297. The Kier molecular flexibility index (Phi) is 4.09. The zero-order valence-corrected chi connectivity index (χ0v) is 10.6. The van der Waals surface area contributed by atoms with Crippen molar-refractivity contribution >= 4 is 22.6 Å². The summed E-state index contributed by atoms with van der Waals surface area (Å²) in [6.07, 6.45) is 3.22. The maximum atomic E-state index is 4.45. The molecule has 3 heteroatoms. The second kappa shape index (κ2) is 4.88. The maximum absolute atomic E-state index is 4.45. The topological polar surface area (TPSA) is 25.8 Å². The molecule has 2 nitrogen and oxygen atoms in total. The van der Waals surface area contributed by atoms with Crippen molar-refractivity contribution in [1.29, 1.82) is 0 Å². The number of rotatable bonds is 3. The quantitative estimate of drug-likeness (QED) is 0.632. The lowest BCUT2D eigenvalue weighted by molar-refractivity contribution is 0.825. The van der Waals surface area contributed by atoms with Gasteiger partial charge in [-0.1, -0.05) is 20.3 Å². The van der Waals surface area contributed by atoms with Crippen molar-refractivity contribution in [3.05, 3.63) is 20.8 Å². The number of halogens is 1. The van der Waals surface area contributed by atoms with Gasteiger partial charge >= 0.3 is 0 Å². The second-order valence-corrected chi connectivity index (χ2v) is 4.08. The Balaban J connectivity index is 3.11. The summed E-state index contributed by atoms with van der Waals surface area (Å²) in [5, 5.41) is 0. The monoisotopic (exact) mass is 290 g/mol. The Morgan fingerprint density at radius 3 is 2.31 bits per heavy atom. The van der Waals surface area contributed by atoms with Crippen LogP contribution < -0.4 is 0 Å². The van der Waals surface area contributed by atoms with Gasteiger partial charge in [-0.3, -0.25) is 0 Å². The van der Waals surface area contributed by atoms with Gasteiger partial charge in [0.25, 0.3) is 0 Å². The molecular weight excluding hydrogens is 275 g/mol. The summed E-state index contributed by atoms with van der Waals surface area (Å²) >= 11 is 2.19. The number of nitrogens with zero attached hydrogens (tertiary/aromatic N) is 2. The number of hydrogen-bond donors (Lipinski definition) is 0. The highest BCUT2D eigenvalue weighted by Gasteiger charge is 2.06. The standard InChI is InChI=1S/C10H15IN2/c1-4-6-9-7(3)8(5-2)12-10(11)13-9/h4-6H2,1-3H3. The molecule has 0 atom stereocenters. The van der Waals surface area contributed by atoms with Gasteiger partial charge in [0.15, 0.2) is 3.83 Å². The summed E-state index contributed by atoms with van der Waals surface area (Å²) in [7, 11) is 0. The van der Waals surface area contributed by atoms with Crippen molar-refractivity contribution in [2.24, 2.45) is 0 Å². The van der Waals surface area contributed by atoms with Crippen LogP contribution in [-0.2, 0) is 12.8 Å². The van der Waals surface area contributed by atoms with E-state index in [9.17, 15) is 0 Å². The minimum atomic E-state index is 0.878. The number of aryl methyl sites for hydroxylation is 2. The minimum absolute atomic E-state index is 0.878. The van der Waals surface area contributed by atoms with Gasteiger partial charge in [-0.05, 0) is 25.3 Å². The lowest BCUT2D eigenvalue weighted by Gasteiger charge is -2.07. The predicted octanol–water partition coefficient (Wildman–Crippen LogP) is 2.90. The molecule has 1 rings (SSSR count). The molecule has 0 fully saturated rings. The van der Waals surface area contributed by atoms with E-state index in [0.29, 0.717) is 0 Å². The molecule has 0 saturated carbocycles. The van der Waals surface area contributed by atoms with E-state index in [2.05, 4.69) is 53.3 Å². The maximum Gasteiger partial charge on any atom is 0.191 e. The highest BCUT2D eigenvalue weighted by Crippen LogP contribution is 2.13. The summed E-state index contributed by atoms with van der Waals surface area (Å²) in [6.45, 7) is 6.45. The van der Waals surface area contributed by atoms with Crippen LogP contribution >= 0.6 is 22.6 Å². The molecule has 0 spiro atoms. The smallest absolute Gasteiger partial charge is 0.191 e. The number of hydrogen-bond acceptors (Lipinski definition) is 2. The molecule has 0 unspecified atom stereocenters. The van der Waals surface area contributed by atoms with E-state index in [1.165, 1.54) is 17.0 Å². The molecule has 0 aromatic carbocycles. The van der Waals surface area contributed by atoms with E-state index in [-0.39, 0.29) is 0 Å². The molecule has 0 aliphatic heterocycles. The average Bonchev–Trinajstić information content (AvgIpc) is 2.11. The van der Waals surface area contributed by atoms with Crippen LogP contribution in [0.5, 0.6) is 0 Å². The zero-order chi connectivity index (χ0) is 9.84. The van der Waals surface area contributed by atoms with E-state index >= 15 is 0 Å². The van der Waals surface area contributed by atoms with E-state index in [4.69, 9.17) is 0 Å². The molecule has 0 radical (unpaired) electrons. The van der Waals surface area contributed by atoms with Gasteiger partial charge in [0.05, 0.1) is 0 Å². The summed E-state index contributed by atoms with van der Waals surface area (Å²) in [4.78, 5) is 8.86. The highest BCUT2D eigenvalue weighted by atomic mass is 127. The minimum Gasteiger partial charge on any atom is -0.228 e. The Morgan fingerprint density at radius 1 is 1.15 bits per heavy atom. The second-order valence-electron chi connectivity index (χ2n) is 3.11. The van der Waals surface area contributed by atoms with Crippen molar-refractivity contribution in [2.45, 2.75) is 40.0 Å². The first kappa shape index (κ1) is 10.9. The van der Waals surface area contributed by atoms with Gasteiger partial charge in [0, 0.05) is 34.0 Å². The van der Waals surface area contributed by atoms with Gasteiger partial charge in [0.2, 0.25) is 0 Å². The van der Waals surface area contributed by atoms with Crippen LogP contribution in [0.25, 0.3) is 0 Å². The van der Waals surface area contributed by atoms with E-state index in [1.807, 2.05) is 0 Å². The van der Waals surface area contributed by atoms with Crippen LogP contribution in [0.4, 0.5) is 0 Å². The van der Waals surface area contributed by atoms with Crippen LogP contribution in [0.15, 0.2) is 0 Å². The van der Waals surface area contributed by atoms with Crippen molar-refractivity contribution in [1.82, 2.24) is 9.97 Å². The molecule has 0 bridgehead atoms. The molecular formula is C10H15IN2. The van der Waals surface area contributed by atoms with Gasteiger partial charge in [-0.25, -0.2) is 9.97 Å². The fourth-order valence-corrected chi connectivity index (χ4v) is 1.99. The lowest BCUT2D eigenvalue weighted by Crippen LogP contribution is -2.04. The van der Waals surface area contributed by atoms with Crippen LogP contribution in [0.2, 0.25) is 0 Å². The van der Waals surface area contributed by atoms with Crippen LogP contribution in [0.1, 0.15) is 37.2 Å². The van der Waals surface area contributed by atoms with Gasteiger partial charge in [-0.15, -0.1) is 0 Å². The van der Waals surface area contributed by atoms with Crippen LogP contribution in [0.3, 0.4) is 0 Å². The van der Waals surface area contributed by atoms with Gasteiger partial charge in [0.1, 0.15) is 0 Å². The summed E-state index contributed by atoms with van der Waals surface area (Å²) in [6, 6.07) is 0. The van der Waals surface area contributed by atoms with Crippen LogP contribution in [-0.4, -0.2) is 9.97 Å². The molecule has 72 valence electrons. The first-order valence-corrected chi connectivity index (χ1v) is 5.78. The van der Waals surface area contributed by atoms with E-state index in [1.54, 1.807) is 0 Å². The first-order valence-electron chi connectivity index (χ1n) is 4.70. The molecule has 0 N–H and O–H groups in total. The molecule has 0 amide bonds. The third-order valence-corrected chi connectivity index (χ3v) is 2.62. The molecule has 1 aromatic rings.